The molecule has 112 valence electrons. The lowest BCUT2D eigenvalue weighted by molar-refractivity contribution is 0.598. The highest BCUT2D eigenvalue weighted by Crippen LogP contribution is 2.09. The van der Waals surface area contributed by atoms with Crippen LogP contribution in [0.5, 0.6) is 0 Å². The molecule has 0 amide bonds. The zero-order valence-electron chi connectivity index (χ0n) is 10.8. The minimum Gasteiger partial charge on any atom is -0.364 e. The number of hydrogen-bond acceptors (Lipinski definition) is 6. The maximum atomic E-state index is 11.4. The molecule has 0 aliphatic heterocycles. The number of anilines is 1. The third-order valence-electron chi connectivity index (χ3n) is 2.67. The van der Waals surface area contributed by atoms with Gasteiger partial charge in [0.1, 0.15) is 0 Å². The quantitative estimate of drug-likeness (QED) is 0.542. The van der Waals surface area contributed by atoms with Gasteiger partial charge in [-0.3, -0.25) is 9.78 Å². The van der Waals surface area contributed by atoms with Gasteiger partial charge in [-0.05, 0) is 24.1 Å². The number of H-pyrrole nitrogens is 2. The summed E-state index contributed by atoms with van der Waals surface area (Å²) >= 11 is 0. The lowest BCUT2D eigenvalue weighted by atomic mass is 10.1. The summed E-state index contributed by atoms with van der Waals surface area (Å²) in [5.41, 5.74) is -0.428. The minimum atomic E-state index is -3.70. The predicted octanol–water partition coefficient (Wildman–Crippen LogP) is -1.24. The molecule has 0 unspecified atom stereocenters. The van der Waals surface area contributed by atoms with Gasteiger partial charge in [-0.2, -0.15) is 0 Å². The number of rotatable bonds is 5. The Morgan fingerprint density at radius 1 is 1.19 bits per heavy atom. The van der Waals surface area contributed by atoms with Crippen LogP contribution in [0.3, 0.4) is 0 Å². The standard InChI is InChI=1S/C11H13N5O4S/c12-21(19,20)8-3-1-7(2-4-8)5-6-13-9-10(17)14-11(18)16-15-9/h1-4H,5-6H2,(H,13,15)(H2,12,19,20)(H2,14,16,17,18). The maximum absolute atomic E-state index is 11.4. The van der Waals surface area contributed by atoms with Crippen LogP contribution in [0.25, 0.3) is 0 Å². The number of primary sulfonamides is 1. The van der Waals surface area contributed by atoms with Crippen LogP contribution >= 0.6 is 0 Å². The van der Waals surface area contributed by atoms with Gasteiger partial charge in [-0.15, -0.1) is 5.10 Å². The smallest absolute Gasteiger partial charge is 0.342 e. The van der Waals surface area contributed by atoms with Gasteiger partial charge in [0.05, 0.1) is 4.90 Å². The summed E-state index contributed by atoms with van der Waals surface area (Å²) < 4.78 is 22.2. The van der Waals surface area contributed by atoms with E-state index in [2.05, 4.69) is 15.5 Å². The van der Waals surface area contributed by atoms with E-state index in [0.717, 1.165) is 5.56 Å². The van der Waals surface area contributed by atoms with E-state index < -0.39 is 21.3 Å². The Hall–Kier alpha value is -2.46. The Labute approximate surface area is 119 Å². The summed E-state index contributed by atoms with van der Waals surface area (Å²) in [6.45, 7) is 0.386. The lowest BCUT2D eigenvalue weighted by Gasteiger charge is -2.05. The van der Waals surface area contributed by atoms with Gasteiger partial charge < -0.3 is 5.32 Å². The first kappa shape index (κ1) is 14.9. The molecular formula is C11H13N5O4S. The van der Waals surface area contributed by atoms with Crippen molar-refractivity contribution in [3.63, 3.8) is 0 Å². The highest BCUT2D eigenvalue weighted by Gasteiger charge is 2.06. The second-order valence-corrected chi connectivity index (χ2v) is 5.78. The van der Waals surface area contributed by atoms with E-state index in [-0.39, 0.29) is 10.7 Å². The molecule has 2 rings (SSSR count). The second kappa shape index (κ2) is 5.89. The van der Waals surface area contributed by atoms with E-state index in [1.807, 2.05) is 4.98 Å². The molecule has 21 heavy (non-hydrogen) atoms. The van der Waals surface area contributed by atoms with Crippen molar-refractivity contribution in [2.24, 2.45) is 5.14 Å². The Morgan fingerprint density at radius 2 is 1.86 bits per heavy atom. The van der Waals surface area contributed by atoms with Crippen molar-refractivity contribution in [2.45, 2.75) is 11.3 Å². The highest BCUT2D eigenvalue weighted by molar-refractivity contribution is 7.89. The summed E-state index contributed by atoms with van der Waals surface area (Å²) in [7, 11) is -3.70. The fourth-order valence-electron chi connectivity index (χ4n) is 1.64. The number of aromatic amines is 2. The molecule has 5 N–H and O–H groups in total. The fraction of sp³-hybridized carbons (Fsp3) is 0.182. The molecule has 0 radical (unpaired) electrons. The monoisotopic (exact) mass is 311 g/mol. The van der Waals surface area contributed by atoms with Crippen molar-refractivity contribution < 1.29 is 8.42 Å². The maximum Gasteiger partial charge on any atom is 0.342 e. The van der Waals surface area contributed by atoms with E-state index in [1.54, 1.807) is 12.1 Å². The molecular weight excluding hydrogens is 298 g/mol. The molecule has 1 heterocycles. The first-order chi connectivity index (χ1) is 9.86. The van der Waals surface area contributed by atoms with Crippen LogP contribution in [-0.4, -0.2) is 30.1 Å². The van der Waals surface area contributed by atoms with Gasteiger partial charge in [0.15, 0.2) is 0 Å². The normalized spacial score (nSPS) is 11.3. The number of benzene rings is 1. The second-order valence-electron chi connectivity index (χ2n) is 4.22. The number of nitrogens with zero attached hydrogens (tertiary/aromatic N) is 1. The molecule has 0 saturated heterocycles. The van der Waals surface area contributed by atoms with Crippen LogP contribution in [0.4, 0.5) is 5.82 Å². The van der Waals surface area contributed by atoms with Gasteiger partial charge in [0, 0.05) is 6.54 Å². The summed E-state index contributed by atoms with van der Waals surface area (Å²) in [6, 6.07) is 6.09. The Kier molecular flexibility index (Phi) is 4.19. The lowest BCUT2D eigenvalue weighted by Crippen LogP contribution is -2.27. The third-order valence-corrected chi connectivity index (χ3v) is 3.60. The van der Waals surface area contributed by atoms with Gasteiger partial charge in [0.25, 0.3) is 5.56 Å². The molecule has 9 nitrogen and oxygen atoms in total. The first-order valence-electron chi connectivity index (χ1n) is 5.91. The SMILES string of the molecule is NS(=O)(=O)c1ccc(CCNc2n[nH]c(=O)[nH]c2=O)cc1. The van der Waals surface area contributed by atoms with E-state index in [0.29, 0.717) is 13.0 Å². The Balaban J connectivity index is 1.97. The Bertz CT molecular complexity index is 838. The molecule has 0 saturated carbocycles. The van der Waals surface area contributed by atoms with Gasteiger partial charge in [-0.25, -0.2) is 23.4 Å². The number of sulfonamides is 1. The topological polar surface area (TPSA) is 151 Å². The molecule has 1 aromatic carbocycles. The van der Waals surface area contributed by atoms with E-state index in [9.17, 15) is 18.0 Å². The molecule has 0 aliphatic carbocycles. The summed E-state index contributed by atoms with van der Waals surface area (Å²) in [5, 5.41) is 13.4. The van der Waals surface area contributed by atoms with Crippen LogP contribution < -0.4 is 21.7 Å². The van der Waals surface area contributed by atoms with E-state index in [4.69, 9.17) is 5.14 Å². The fourth-order valence-corrected chi connectivity index (χ4v) is 2.15. The molecule has 10 heteroatoms. The van der Waals surface area contributed by atoms with Gasteiger partial charge in [0.2, 0.25) is 15.8 Å². The molecule has 0 atom stereocenters. The number of hydrogen-bond donors (Lipinski definition) is 4. The summed E-state index contributed by atoms with van der Waals surface area (Å²) in [6.07, 6.45) is 0.533. The molecule has 0 spiro atoms. The van der Waals surface area contributed by atoms with Gasteiger partial charge in [-0.1, -0.05) is 12.1 Å². The molecule has 0 aliphatic rings. The zero-order valence-corrected chi connectivity index (χ0v) is 11.6. The van der Waals surface area contributed by atoms with Crippen molar-refractivity contribution in [3.8, 4) is 0 Å². The van der Waals surface area contributed by atoms with Gasteiger partial charge >= 0.3 is 5.69 Å². The van der Waals surface area contributed by atoms with Crippen molar-refractivity contribution in [1.82, 2.24) is 15.2 Å². The van der Waals surface area contributed by atoms with Crippen LogP contribution in [0.2, 0.25) is 0 Å². The van der Waals surface area contributed by atoms with Crippen LogP contribution in [0.15, 0.2) is 38.8 Å². The van der Waals surface area contributed by atoms with Crippen molar-refractivity contribution in [3.05, 3.63) is 50.7 Å². The van der Waals surface area contributed by atoms with Crippen LogP contribution in [0, 0.1) is 0 Å². The average molecular weight is 311 g/mol. The minimum absolute atomic E-state index is 0.00996. The average Bonchev–Trinajstić information content (AvgIpc) is 2.41. The molecule has 2 aromatic rings. The molecule has 0 fully saturated rings. The van der Waals surface area contributed by atoms with Crippen molar-refractivity contribution in [2.75, 3.05) is 11.9 Å². The molecule has 0 bridgehead atoms. The third kappa shape index (κ3) is 4.00. The largest absolute Gasteiger partial charge is 0.364 e. The molecule has 1 aromatic heterocycles. The summed E-state index contributed by atoms with van der Waals surface area (Å²) in [5.74, 6) is 0.00996. The van der Waals surface area contributed by atoms with Crippen molar-refractivity contribution >= 4 is 15.8 Å². The number of aromatic nitrogens is 3. The predicted molar refractivity (Wildman–Crippen MR) is 75.5 cm³/mol. The van der Waals surface area contributed by atoms with Crippen molar-refractivity contribution in [1.29, 1.82) is 0 Å². The van der Waals surface area contributed by atoms with Crippen LogP contribution in [0.1, 0.15) is 5.56 Å². The van der Waals surface area contributed by atoms with E-state index >= 15 is 0 Å². The summed E-state index contributed by atoms with van der Waals surface area (Å²) in [4.78, 5) is 24.2. The number of nitrogens with two attached hydrogens (primary N) is 1. The number of nitrogens with one attached hydrogen (secondary N) is 3. The zero-order chi connectivity index (χ0) is 15.5. The van der Waals surface area contributed by atoms with Crippen LogP contribution in [-0.2, 0) is 16.4 Å². The highest BCUT2D eigenvalue weighted by atomic mass is 32.2. The first-order valence-corrected chi connectivity index (χ1v) is 7.45. The van der Waals surface area contributed by atoms with E-state index in [1.165, 1.54) is 12.1 Å². The Morgan fingerprint density at radius 3 is 2.43 bits per heavy atom.